The molecular weight excluding hydrogens is 514 g/mol. The molecule has 0 bridgehead atoms. The molecule has 0 aliphatic heterocycles. The molecule has 1 N–H and O–H groups in total. The highest BCUT2D eigenvalue weighted by atomic mass is 79.9. The van der Waals surface area contributed by atoms with Gasteiger partial charge in [0.2, 0.25) is 0 Å². The van der Waals surface area contributed by atoms with Crippen LogP contribution in [0, 0.1) is 0 Å². The monoisotopic (exact) mass is 547 g/mol. The van der Waals surface area contributed by atoms with E-state index in [1.165, 1.54) is 5.56 Å². The Morgan fingerprint density at radius 2 is 1.69 bits per heavy atom. The van der Waals surface area contributed by atoms with Crippen molar-refractivity contribution in [3.63, 3.8) is 0 Å². The van der Waals surface area contributed by atoms with Crippen LogP contribution < -0.4 is 10.1 Å². The molecule has 0 aliphatic carbocycles. The predicted octanol–water partition coefficient (Wildman–Crippen LogP) is 7.45. The molecule has 0 spiro atoms. The lowest BCUT2D eigenvalue weighted by molar-refractivity contribution is 0.0937. The van der Waals surface area contributed by atoms with Gasteiger partial charge in [-0.1, -0.05) is 61.0 Å². The number of aromatic nitrogens is 2. The topological polar surface area (TPSA) is 56.2 Å². The molecule has 0 saturated heterocycles. The van der Waals surface area contributed by atoms with Crippen molar-refractivity contribution < 1.29 is 9.53 Å². The number of halogens is 1. The summed E-state index contributed by atoms with van der Waals surface area (Å²) < 4.78 is 9.15. The maximum Gasteiger partial charge on any atom is 0.251 e. The van der Waals surface area contributed by atoms with Crippen LogP contribution in [0.2, 0.25) is 0 Å². The number of imidazole rings is 1. The van der Waals surface area contributed by atoms with Crippen LogP contribution in [0.3, 0.4) is 0 Å². The lowest BCUT2D eigenvalue weighted by Gasteiger charge is -2.19. The minimum absolute atomic E-state index is 0.112. The normalized spacial score (nSPS) is 12.5. The first-order valence-corrected chi connectivity index (χ1v) is 13.3. The van der Waals surface area contributed by atoms with Gasteiger partial charge in [0, 0.05) is 16.6 Å². The van der Waals surface area contributed by atoms with E-state index in [2.05, 4.69) is 76.9 Å². The molecule has 1 heterocycles. The fourth-order valence-corrected chi connectivity index (χ4v) is 4.48. The molecule has 4 aromatic rings. The highest BCUT2D eigenvalue weighted by Gasteiger charge is 2.19. The van der Waals surface area contributed by atoms with Gasteiger partial charge in [-0.15, -0.1) is 0 Å². The van der Waals surface area contributed by atoms with Gasteiger partial charge in [0.15, 0.2) is 0 Å². The van der Waals surface area contributed by atoms with Crippen molar-refractivity contribution in [3.8, 4) is 5.75 Å². The van der Waals surface area contributed by atoms with Crippen LogP contribution >= 0.6 is 15.9 Å². The van der Waals surface area contributed by atoms with Gasteiger partial charge in [-0.05, 0) is 79.3 Å². The summed E-state index contributed by atoms with van der Waals surface area (Å²) in [7, 11) is 0. The highest BCUT2D eigenvalue weighted by molar-refractivity contribution is 9.10. The van der Waals surface area contributed by atoms with Crippen molar-refractivity contribution in [2.24, 2.45) is 0 Å². The van der Waals surface area contributed by atoms with E-state index in [9.17, 15) is 4.79 Å². The number of fused-ring (bicyclic) bond motifs is 1. The number of carbonyl (C=O) groups excluding carboxylic acids is 1. The minimum Gasteiger partial charge on any atom is -0.494 e. The predicted molar refractivity (Wildman–Crippen MR) is 150 cm³/mol. The van der Waals surface area contributed by atoms with Gasteiger partial charge in [-0.25, -0.2) is 4.98 Å². The summed E-state index contributed by atoms with van der Waals surface area (Å²) in [5, 5.41) is 3.11. The maximum absolute atomic E-state index is 12.8. The van der Waals surface area contributed by atoms with E-state index in [4.69, 9.17) is 9.72 Å². The molecule has 0 saturated carbocycles. The summed E-state index contributed by atoms with van der Waals surface area (Å²) in [4.78, 5) is 17.7. The first-order chi connectivity index (χ1) is 17.2. The Morgan fingerprint density at radius 1 is 1.00 bits per heavy atom. The zero-order chi connectivity index (χ0) is 25.7. The molecule has 0 aliphatic rings. The number of aryl methyl sites for hydroxylation is 1. The Balaban J connectivity index is 1.38. The fourth-order valence-electron chi connectivity index (χ4n) is 4.22. The molecule has 0 fully saturated rings. The average Bonchev–Trinajstić information content (AvgIpc) is 3.23. The molecule has 1 amide bonds. The van der Waals surface area contributed by atoms with Crippen LogP contribution in [0.5, 0.6) is 5.75 Å². The smallest absolute Gasteiger partial charge is 0.251 e. The maximum atomic E-state index is 12.8. The summed E-state index contributed by atoms with van der Waals surface area (Å²) in [5.41, 5.74) is 4.08. The van der Waals surface area contributed by atoms with Gasteiger partial charge in [0.05, 0.1) is 23.7 Å². The molecule has 1 atom stereocenters. The first kappa shape index (κ1) is 26.0. The Bertz CT molecular complexity index is 1310. The van der Waals surface area contributed by atoms with Crippen molar-refractivity contribution in [2.45, 2.75) is 58.5 Å². The fraction of sp³-hybridized carbons (Fsp3) is 0.333. The molecule has 0 radical (unpaired) electrons. The number of amides is 1. The third kappa shape index (κ3) is 6.35. The third-order valence-electron chi connectivity index (χ3n) is 6.29. The van der Waals surface area contributed by atoms with E-state index < -0.39 is 0 Å². The Kier molecular flexibility index (Phi) is 8.14. The van der Waals surface area contributed by atoms with Gasteiger partial charge >= 0.3 is 0 Å². The molecule has 188 valence electrons. The Labute approximate surface area is 222 Å². The van der Waals surface area contributed by atoms with Crippen LogP contribution in [0.1, 0.15) is 68.3 Å². The standard InChI is InChI=1S/C30H34BrN3O2/c1-21(32-29(35)22-11-15-24(31)16-12-22)28-33-26-9-5-6-10-27(26)34(28)19-7-8-20-36-25-17-13-23(14-18-25)30(2,3)4/h5-6,9-18,21H,7-8,19-20H2,1-4H3,(H,32,35). The van der Waals surface area contributed by atoms with Gasteiger partial charge in [-0.2, -0.15) is 0 Å². The number of hydrogen-bond donors (Lipinski definition) is 1. The molecule has 1 unspecified atom stereocenters. The lowest BCUT2D eigenvalue weighted by Crippen LogP contribution is -2.28. The second-order valence-electron chi connectivity index (χ2n) is 10.1. The van der Waals surface area contributed by atoms with Gasteiger partial charge in [-0.3, -0.25) is 4.79 Å². The number of para-hydroxylation sites is 2. The summed E-state index contributed by atoms with van der Waals surface area (Å²) >= 11 is 3.42. The number of benzene rings is 3. The van der Waals surface area contributed by atoms with Crippen molar-refractivity contribution in [1.82, 2.24) is 14.9 Å². The van der Waals surface area contributed by atoms with Crippen molar-refractivity contribution in [1.29, 1.82) is 0 Å². The lowest BCUT2D eigenvalue weighted by atomic mass is 9.87. The minimum atomic E-state index is -0.230. The number of rotatable bonds is 9. The molecule has 1 aromatic heterocycles. The molecule has 3 aromatic carbocycles. The quantitative estimate of drug-likeness (QED) is 0.221. The van der Waals surface area contributed by atoms with Crippen LogP contribution in [-0.4, -0.2) is 22.1 Å². The van der Waals surface area contributed by atoms with Crippen molar-refractivity contribution in [3.05, 3.63) is 94.2 Å². The van der Waals surface area contributed by atoms with Gasteiger partial charge < -0.3 is 14.6 Å². The Hall–Kier alpha value is -3.12. The van der Waals surface area contributed by atoms with E-state index in [-0.39, 0.29) is 17.4 Å². The van der Waals surface area contributed by atoms with Crippen LogP contribution in [0.4, 0.5) is 0 Å². The van der Waals surface area contributed by atoms with E-state index in [1.807, 2.05) is 49.4 Å². The van der Waals surface area contributed by atoms with Gasteiger partial charge in [0.25, 0.3) is 5.91 Å². The van der Waals surface area contributed by atoms with Crippen molar-refractivity contribution >= 4 is 32.9 Å². The van der Waals surface area contributed by atoms with E-state index in [0.29, 0.717) is 12.2 Å². The zero-order valence-electron chi connectivity index (χ0n) is 21.4. The number of unbranched alkanes of at least 4 members (excludes halogenated alkanes) is 1. The molecule has 5 nitrogen and oxygen atoms in total. The molecular formula is C30H34BrN3O2. The molecule has 6 heteroatoms. The second kappa shape index (κ2) is 11.3. The highest BCUT2D eigenvalue weighted by Crippen LogP contribution is 2.25. The van der Waals surface area contributed by atoms with Crippen LogP contribution in [0.15, 0.2) is 77.3 Å². The number of carbonyl (C=O) groups is 1. The van der Waals surface area contributed by atoms with Crippen LogP contribution in [-0.2, 0) is 12.0 Å². The second-order valence-corrected chi connectivity index (χ2v) is 11.1. The van der Waals surface area contributed by atoms with Crippen molar-refractivity contribution in [2.75, 3.05) is 6.61 Å². The first-order valence-electron chi connectivity index (χ1n) is 12.5. The summed E-state index contributed by atoms with van der Waals surface area (Å²) in [6.07, 6.45) is 1.87. The average molecular weight is 549 g/mol. The summed E-state index contributed by atoms with van der Waals surface area (Å²) in [5.74, 6) is 1.65. The summed E-state index contributed by atoms with van der Waals surface area (Å²) in [6.45, 7) is 10.1. The number of nitrogens with zero attached hydrogens (tertiary/aromatic N) is 2. The number of nitrogens with one attached hydrogen (secondary N) is 1. The van der Waals surface area contributed by atoms with E-state index in [0.717, 1.165) is 46.5 Å². The molecule has 36 heavy (non-hydrogen) atoms. The zero-order valence-corrected chi connectivity index (χ0v) is 23.0. The SMILES string of the molecule is CC(NC(=O)c1ccc(Br)cc1)c1nc2ccccc2n1CCCCOc1ccc(C(C)(C)C)cc1. The number of hydrogen-bond acceptors (Lipinski definition) is 3. The third-order valence-corrected chi connectivity index (χ3v) is 6.82. The largest absolute Gasteiger partial charge is 0.494 e. The van der Waals surface area contributed by atoms with Gasteiger partial charge in [0.1, 0.15) is 11.6 Å². The van der Waals surface area contributed by atoms with E-state index in [1.54, 1.807) is 0 Å². The summed E-state index contributed by atoms with van der Waals surface area (Å²) in [6, 6.07) is 23.6. The van der Waals surface area contributed by atoms with E-state index >= 15 is 0 Å². The number of ether oxygens (including phenoxy) is 1. The molecule has 4 rings (SSSR count). The van der Waals surface area contributed by atoms with Crippen LogP contribution in [0.25, 0.3) is 11.0 Å². The Morgan fingerprint density at radius 3 is 2.39 bits per heavy atom.